The summed E-state index contributed by atoms with van der Waals surface area (Å²) < 4.78 is 12.2. The van der Waals surface area contributed by atoms with Crippen LogP contribution in [-0.4, -0.2) is 19.8 Å². The van der Waals surface area contributed by atoms with E-state index in [1.807, 2.05) is 19.1 Å². The van der Waals surface area contributed by atoms with Crippen LogP contribution < -0.4 is 15.2 Å². The summed E-state index contributed by atoms with van der Waals surface area (Å²) in [7, 11) is 0. The van der Waals surface area contributed by atoms with Gasteiger partial charge in [-0.05, 0) is 59.9 Å². The second-order valence-electron chi connectivity index (χ2n) is 3.73. The SMILES string of the molecule is CCCOc1c(Br)cc(CCN)cc1OCC. The van der Waals surface area contributed by atoms with E-state index in [2.05, 4.69) is 22.9 Å². The van der Waals surface area contributed by atoms with Crippen molar-refractivity contribution in [2.45, 2.75) is 26.7 Å². The number of ether oxygens (including phenoxy) is 2. The highest BCUT2D eigenvalue weighted by Gasteiger charge is 2.11. The summed E-state index contributed by atoms with van der Waals surface area (Å²) in [6.45, 7) is 5.99. The van der Waals surface area contributed by atoms with Crippen molar-refractivity contribution < 1.29 is 9.47 Å². The third-order valence-corrected chi connectivity index (χ3v) is 2.84. The Morgan fingerprint density at radius 2 is 2.00 bits per heavy atom. The zero-order valence-corrected chi connectivity index (χ0v) is 12.0. The quantitative estimate of drug-likeness (QED) is 0.841. The van der Waals surface area contributed by atoms with Crippen molar-refractivity contribution in [3.63, 3.8) is 0 Å². The highest BCUT2D eigenvalue weighted by Crippen LogP contribution is 2.37. The van der Waals surface area contributed by atoms with Crippen molar-refractivity contribution in [3.8, 4) is 11.5 Å². The van der Waals surface area contributed by atoms with Gasteiger partial charge in [0, 0.05) is 0 Å². The smallest absolute Gasteiger partial charge is 0.175 e. The van der Waals surface area contributed by atoms with Gasteiger partial charge in [0.15, 0.2) is 11.5 Å². The van der Waals surface area contributed by atoms with E-state index in [0.29, 0.717) is 19.8 Å². The molecule has 3 nitrogen and oxygen atoms in total. The van der Waals surface area contributed by atoms with Crippen LogP contribution in [0.4, 0.5) is 0 Å². The summed E-state index contributed by atoms with van der Waals surface area (Å²) in [5.41, 5.74) is 6.72. The minimum absolute atomic E-state index is 0.626. The third-order valence-electron chi connectivity index (χ3n) is 2.25. The molecule has 0 atom stereocenters. The maximum Gasteiger partial charge on any atom is 0.175 e. The molecule has 17 heavy (non-hydrogen) atoms. The van der Waals surface area contributed by atoms with Crippen LogP contribution in [0.25, 0.3) is 0 Å². The maximum atomic E-state index is 5.70. The van der Waals surface area contributed by atoms with Gasteiger partial charge in [-0.1, -0.05) is 6.92 Å². The topological polar surface area (TPSA) is 44.5 Å². The first-order valence-corrected chi connectivity index (χ1v) is 6.80. The van der Waals surface area contributed by atoms with E-state index < -0.39 is 0 Å². The molecule has 1 aromatic carbocycles. The summed E-state index contributed by atoms with van der Waals surface area (Å²) >= 11 is 3.52. The van der Waals surface area contributed by atoms with Gasteiger partial charge in [-0.3, -0.25) is 0 Å². The van der Waals surface area contributed by atoms with Crippen molar-refractivity contribution in [1.82, 2.24) is 0 Å². The second kappa shape index (κ2) is 7.56. The molecular formula is C13H20BrNO2. The minimum Gasteiger partial charge on any atom is -0.490 e. The van der Waals surface area contributed by atoms with Crippen LogP contribution in [0.1, 0.15) is 25.8 Å². The monoisotopic (exact) mass is 301 g/mol. The van der Waals surface area contributed by atoms with Crippen molar-refractivity contribution in [2.75, 3.05) is 19.8 Å². The zero-order chi connectivity index (χ0) is 12.7. The van der Waals surface area contributed by atoms with Gasteiger partial charge >= 0.3 is 0 Å². The van der Waals surface area contributed by atoms with E-state index in [9.17, 15) is 0 Å². The van der Waals surface area contributed by atoms with E-state index in [1.165, 1.54) is 0 Å². The summed E-state index contributed by atoms with van der Waals surface area (Å²) in [6, 6.07) is 4.05. The van der Waals surface area contributed by atoms with Crippen molar-refractivity contribution in [1.29, 1.82) is 0 Å². The fraction of sp³-hybridized carbons (Fsp3) is 0.538. The van der Waals surface area contributed by atoms with Crippen molar-refractivity contribution >= 4 is 15.9 Å². The molecule has 0 amide bonds. The highest BCUT2D eigenvalue weighted by molar-refractivity contribution is 9.10. The molecular weight excluding hydrogens is 282 g/mol. The number of benzene rings is 1. The van der Waals surface area contributed by atoms with E-state index >= 15 is 0 Å². The summed E-state index contributed by atoms with van der Waals surface area (Å²) in [5, 5.41) is 0. The molecule has 4 heteroatoms. The predicted octanol–water partition coefficient (Wildman–Crippen LogP) is 3.14. The van der Waals surface area contributed by atoms with Crippen molar-refractivity contribution in [3.05, 3.63) is 22.2 Å². The molecule has 0 fully saturated rings. The normalized spacial score (nSPS) is 10.4. The molecule has 0 radical (unpaired) electrons. The lowest BCUT2D eigenvalue weighted by Crippen LogP contribution is -2.05. The van der Waals surface area contributed by atoms with Crippen LogP contribution in [0.5, 0.6) is 11.5 Å². The Hall–Kier alpha value is -0.740. The molecule has 0 aliphatic carbocycles. The van der Waals surface area contributed by atoms with E-state index in [1.54, 1.807) is 0 Å². The first kappa shape index (κ1) is 14.3. The van der Waals surface area contributed by atoms with Gasteiger partial charge in [0.1, 0.15) is 0 Å². The van der Waals surface area contributed by atoms with Crippen molar-refractivity contribution in [2.24, 2.45) is 5.73 Å². The van der Waals surface area contributed by atoms with Gasteiger partial charge in [-0.15, -0.1) is 0 Å². The molecule has 0 aliphatic rings. The van der Waals surface area contributed by atoms with Crippen LogP contribution in [0.15, 0.2) is 16.6 Å². The number of nitrogens with two attached hydrogens (primary N) is 1. The van der Waals surface area contributed by atoms with Gasteiger partial charge in [0.25, 0.3) is 0 Å². The second-order valence-corrected chi connectivity index (χ2v) is 4.58. The Bertz CT molecular complexity index is 356. The van der Waals surface area contributed by atoms with E-state index in [-0.39, 0.29) is 0 Å². The summed E-state index contributed by atoms with van der Waals surface area (Å²) in [4.78, 5) is 0. The highest BCUT2D eigenvalue weighted by atomic mass is 79.9. The number of hydrogen-bond donors (Lipinski definition) is 1. The van der Waals surface area contributed by atoms with Gasteiger partial charge in [-0.2, -0.15) is 0 Å². The van der Waals surface area contributed by atoms with Crippen LogP contribution >= 0.6 is 15.9 Å². The molecule has 0 aromatic heterocycles. The van der Waals surface area contributed by atoms with E-state index in [0.717, 1.165) is 34.4 Å². The summed E-state index contributed by atoms with van der Waals surface area (Å²) in [5.74, 6) is 1.58. The van der Waals surface area contributed by atoms with Crippen LogP contribution in [0, 0.1) is 0 Å². The fourth-order valence-corrected chi connectivity index (χ4v) is 2.14. The molecule has 0 spiro atoms. The average molecular weight is 302 g/mol. The third kappa shape index (κ3) is 4.21. The molecule has 0 saturated carbocycles. The Kier molecular flexibility index (Phi) is 6.37. The lowest BCUT2D eigenvalue weighted by atomic mass is 10.1. The van der Waals surface area contributed by atoms with Crippen LogP contribution in [0.2, 0.25) is 0 Å². The van der Waals surface area contributed by atoms with Gasteiger partial charge < -0.3 is 15.2 Å². The largest absolute Gasteiger partial charge is 0.490 e. The van der Waals surface area contributed by atoms with Gasteiger partial charge in [0.05, 0.1) is 17.7 Å². The Labute approximate surface area is 111 Å². The van der Waals surface area contributed by atoms with Gasteiger partial charge in [0.2, 0.25) is 0 Å². The Balaban J connectivity index is 2.99. The molecule has 0 unspecified atom stereocenters. The lowest BCUT2D eigenvalue weighted by molar-refractivity contribution is 0.275. The molecule has 0 heterocycles. The number of halogens is 1. The molecule has 2 N–H and O–H groups in total. The standard InChI is InChI=1S/C13H20BrNO2/c1-3-7-17-13-11(14)8-10(5-6-15)9-12(13)16-4-2/h8-9H,3-7,15H2,1-2H3. The molecule has 96 valence electrons. The Morgan fingerprint density at radius 3 is 2.59 bits per heavy atom. The lowest BCUT2D eigenvalue weighted by Gasteiger charge is -2.14. The molecule has 0 bridgehead atoms. The van der Waals surface area contributed by atoms with Crippen LogP contribution in [-0.2, 0) is 6.42 Å². The number of hydrogen-bond acceptors (Lipinski definition) is 3. The maximum absolute atomic E-state index is 5.70. The number of rotatable bonds is 7. The molecule has 1 aromatic rings. The summed E-state index contributed by atoms with van der Waals surface area (Å²) in [6.07, 6.45) is 1.81. The molecule has 0 saturated heterocycles. The van der Waals surface area contributed by atoms with E-state index in [4.69, 9.17) is 15.2 Å². The zero-order valence-electron chi connectivity index (χ0n) is 10.5. The fourth-order valence-electron chi connectivity index (χ4n) is 1.54. The minimum atomic E-state index is 0.626. The first-order chi connectivity index (χ1) is 8.22. The molecule has 0 aliphatic heterocycles. The van der Waals surface area contributed by atoms with Gasteiger partial charge in [-0.25, -0.2) is 0 Å². The average Bonchev–Trinajstić information content (AvgIpc) is 2.29. The molecule has 1 rings (SSSR count). The Morgan fingerprint density at radius 1 is 1.24 bits per heavy atom. The first-order valence-electron chi connectivity index (χ1n) is 6.01. The van der Waals surface area contributed by atoms with Crippen LogP contribution in [0.3, 0.4) is 0 Å². The predicted molar refractivity (Wildman–Crippen MR) is 73.9 cm³/mol.